The highest BCUT2D eigenvalue weighted by Crippen LogP contribution is 2.19. The molecule has 0 amide bonds. The van der Waals surface area contributed by atoms with Crippen LogP contribution < -0.4 is 4.72 Å². The van der Waals surface area contributed by atoms with E-state index >= 15 is 0 Å². The molecule has 24 heavy (non-hydrogen) atoms. The average Bonchev–Trinajstić information content (AvgIpc) is 2.55. The smallest absolute Gasteiger partial charge is 0.240 e. The summed E-state index contributed by atoms with van der Waals surface area (Å²) in [4.78, 5) is 1.89. The standard InChI is InChI=1S/C18H23FN2O2S/c1-4-14-8-10-15(11-9-14)18(21(2)3)13-20-24(22,23)17-7-5-6-16(19)12-17/h5-12,18,20H,4,13H2,1-3H3/t18-/m0/s1. The minimum Gasteiger partial charge on any atom is -0.301 e. The Bertz CT molecular complexity index is 774. The molecule has 4 nitrogen and oxygen atoms in total. The van der Waals surface area contributed by atoms with Crippen molar-refractivity contribution in [2.75, 3.05) is 20.6 Å². The molecule has 0 aliphatic rings. The van der Waals surface area contributed by atoms with Crippen LogP contribution in [0, 0.1) is 5.82 Å². The lowest BCUT2D eigenvalue weighted by Gasteiger charge is -2.25. The molecule has 1 atom stereocenters. The largest absolute Gasteiger partial charge is 0.301 e. The Morgan fingerprint density at radius 1 is 1.12 bits per heavy atom. The van der Waals surface area contributed by atoms with Crippen molar-refractivity contribution in [1.29, 1.82) is 0 Å². The predicted octanol–water partition coefficient (Wildman–Crippen LogP) is 2.97. The zero-order valence-corrected chi connectivity index (χ0v) is 15.0. The molecule has 6 heteroatoms. The van der Waals surface area contributed by atoms with Gasteiger partial charge in [0.15, 0.2) is 0 Å². The van der Waals surface area contributed by atoms with Crippen LogP contribution >= 0.6 is 0 Å². The number of hydrogen-bond donors (Lipinski definition) is 1. The maximum atomic E-state index is 13.3. The van der Waals surface area contributed by atoms with Gasteiger partial charge in [0.2, 0.25) is 10.0 Å². The second-order valence-electron chi connectivity index (χ2n) is 5.88. The van der Waals surface area contributed by atoms with Crippen molar-refractivity contribution in [3.63, 3.8) is 0 Å². The first-order valence-corrected chi connectivity index (χ1v) is 9.32. The second kappa shape index (κ2) is 7.88. The number of benzene rings is 2. The van der Waals surface area contributed by atoms with Gasteiger partial charge in [-0.05, 0) is 49.8 Å². The highest BCUT2D eigenvalue weighted by molar-refractivity contribution is 7.89. The second-order valence-corrected chi connectivity index (χ2v) is 7.65. The number of sulfonamides is 1. The Balaban J connectivity index is 2.16. The van der Waals surface area contributed by atoms with Gasteiger partial charge >= 0.3 is 0 Å². The van der Waals surface area contributed by atoms with Crippen molar-refractivity contribution < 1.29 is 12.8 Å². The third kappa shape index (κ3) is 4.63. The third-order valence-corrected chi connectivity index (χ3v) is 5.39. The number of halogens is 1. The van der Waals surface area contributed by atoms with Gasteiger partial charge in [-0.15, -0.1) is 0 Å². The van der Waals surface area contributed by atoms with Gasteiger partial charge in [-0.25, -0.2) is 17.5 Å². The first-order valence-electron chi connectivity index (χ1n) is 7.84. The number of nitrogens with zero attached hydrogens (tertiary/aromatic N) is 1. The summed E-state index contributed by atoms with van der Waals surface area (Å²) in [5.41, 5.74) is 2.26. The van der Waals surface area contributed by atoms with Gasteiger partial charge < -0.3 is 4.90 Å². The molecule has 0 aromatic heterocycles. The van der Waals surface area contributed by atoms with Crippen LogP contribution in [0.5, 0.6) is 0 Å². The first kappa shape index (κ1) is 18.6. The van der Waals surface area contributed by atoms with E-state index in [0.29, 0.717) is 0 Å². The molecule has 0 unspecified atom stereocenters. The van der Waals surface area contributed by atoms with Crippen molar-refractivity contribution in [3.05, 3.63) is 65.5 Å². The number of nitrogens with one attached hydrogen (secondary N) is 1. The Morgan fingerprint density at radius 3 is 2.33 bits per heavy atom. The molecular weight excluding hydrogens is 327 g/mol. The van der Waals surface area contributed by atoms with Crippen LogP contribution in [0.4, 0.5) is 4.39 Å². The van der Waals surface area contributed by atoms with Crippen LogP contribution in [0.25, 0.3) is 0 Å². The summed E-state index contributed by atoms with van der Waals surface area (Å²) < 4.78 is 40.5. The molecule has 0 heterocycles. The summed E-state index contributed by atoms with van der Waals surface area (Å²) in [5, 5.41) is 0. The van der Waals surface area contributed by atoms with Crippen molar-refractivity contribution >= 4 is 10.0 Å². The van der Waals surface area contributed by atoms with E-state index in [2.05, 4.69) is 11.6 Å². The predicted molar refractivity (Wildman–Crippen MR) is 93.8 cm³/mol. The monoisotopic (exact) mass is 350 g/mol. The van der Waals surface area contributed by atoms with Gasteiger partial charge in [-0.1, -0.05) is 37.3 Å². The summed E-state index contributed by atoms with van der Waals surface area (Å²) in [5.74, 6) is -0.572. The lowest BCUT2D eigenvalue weighted by atomic mass is 10.0. The summed E-state index contributed by atoms with van der Waals surface area (Å²) in [6.07, 6.45) is 0.957. The molecule has 0 fully saturated rings. The normalized spacial score (nSPS) is 13.2. The van der Waals surface area contributed by atoms with E-state index in [4.69, 9.17) is 0 Å². The number of hydrogen-bond acceptors (Lipinski definition) is 3. The van der Waals surface area contributed by atoms with Crippen molar-refractivity contribution in [2.24, 2.45) is 0 Å². The molecule has 1 N–H and O–H groups in total. The number of rotatable bonds is 7. The van der Waals surface area contributed by atoms with E-state index in [-0.39, 0.29) is 17.5 Å². The van der Waals surface area contributed by atoms with Gasteiger partial charge in [0.05, 0.1) is 4.90 Å². The summed E-state index contributed by atoms with van der Waals surface area (Å²) in [6, 6.07) is 13.0. The Morgan fingerprint density at radius 2 is 1.79 bits per heavy atom. The minimum absolute atomic E-state index is 0.0682. The van der Waals surface area contributed by atoms with Crippen LogP contribution in [0.2, 0.25) is 0 Å². The summed E-state index contributed by atoms with van der Waals surface area (Å²) >= 11 is 0. The maximum Gasteiger partial charge on any atom is 0.240 e. The third-order valence-electron chi connectivity index (χ3n) is 3.97. The van der Waals surface area contributed by atoms with Crippen LogP contribution in [-0.2, 0) is 16.4 Å². The molecule has 2 aromatic carbocycles. The van der Waals surface area contributed by atoms with Crippen LogP contribution in [-0.4, -0.2) is 34.0 Å². The molecular formula is C18H23FN2O2S. The molecule has 0 aliphatic heterocycles. The van der Waals surface area contributed by atoms with E-state index in [1.807, 2.05) is 43.3 Å². The topological polar surface area (TPSA) is 49.4 Å². The number of aryl methyl sites for hydroxylation is 1. The molecule has 130 valence electrons. The van der Waals surface area contributed by atoms with Gasteiger partial charge in [0, 0.05) is 12.6 Å². The van der Waals surface area contributed by atoms with Gasteiger partial charge in [-0.2, -0.15) is 0 Å². The highest BCUT2D eigenvalue weighted by atomic mass is 32.2. The summed E-state index contributed by atoms with van der Waals surface area (Å²) in [6.45, 7) is 2.29. The first-order chi connectivity index (χ1) is 11.3. The molecule has 0 radical (unpaired) electrons. The fraction of sp³-hybridized carbons (Fsp3) is 0.333. The van der Waals surface area contributed by atoms with Crippen molar-refractivity contribution in [1.82, 2.24) is 9.62 Å². The van der Waals surface area contributed by atoms with Gasteiger partial charge in [0.1, 0.15) is 5.82 Å². The fourth-order valence-electron chi connectivity index (χ4n) is 2.48. The maximum absolute atomic E-state index is 13.3. The number of likely N-dealkylation sites (N-methyl/N-ethyl adjacent to an activating group) is 1. The highest BCUT2D eigenvalue weighted by Gasteiger charge is 2.20. The van der Waals surface area contributed by atoms with E-state index < -0.39 is 15.8 Å². The van der Waals surface area contributed by atoms with E-state index in [1.165, 1.54) is 23.8 Å². The van der Waals surface area contributed by atoms with E-state index in [0.717, 1.165) is 18.1 Å². The molecule has 0 bridgehead atoms. The molecule has 0 spiro atoms. The van der Waals surface area contributed by atoms with Crippen molar-refractivity contribution in [2.45, 2.75) is 24.3 Å². The van der Waals surface area contributed by atoms with E-state index in [1.54, 1.807) is 0 Å². The zero-order valence-electron chi connectivity index (χ0n) is 14.2. The molecule has 0 saturated carbocycles. The Kier molecular flexibility index (Phi) is 6.10. The Labute approximate surface area is 143 Å². The molecule has 2 rings (SSSR count). The zero-order chi connectivity index (χ0) is 17.7. The van der Waals surface area contributed by atoms with Crippen LogP contribution in [0.1, 0.15) is 24.1 Å². The Hall–Kier alpha value is -1.76. The lowest BCUT2D eigenvalue weighted by Crippen LogP contribution is -2.34. The molecule has 0 saturated heterocycles. The van der Waals surface area contributed by atoms with Gasteiger partial charge in [0.25, 0.3) is 0 Å². The van der Waals surface area contributed by atoms with Crippen LogP contribution in [0.3, 0.4) is 0 Å². The summed E-state index contributed by atoms with van der Waals surface area (Å²) in [7, 11) is 0.0465. The minimum atomic E-state index is -3.75. The van der Waals surface area contributed by atoms with Crippen molar-refractivity contribution in [3.8, 4) is 0 Å². The molecule has 2 aromatic rings. The quantitative estimate of drug-likeness (QED) is 0.835. The van der Waals surface area contributed by atoms with Gasteiger partial charge in [-0.3, -0.25) is 0 Å². The lowest BCUT2D eigenvalue weighted by molar-refractivity contribution is 0.299. The SMILES string of the molecule is CCc1ccc([C@H](CNS(=O)(=O)c2cccc(F)c2)N(C)C)cc1. The van der Waals surface area contributed by atoms with E-state index in [9.17, 15) is 12.8 Å². The molecule has 0 aliphatic carbocycles. The fourth-order valence-corrected chi connectivity index (χ4v) is 3.55. The average molecular weight is 350 g/mol. The van der Waals surface area contributed by atoms with Crippen LogP contribution in [0.15, 0.2) is 53.4 Å².